The highest BCUT2D eigenvalue weighted by molar-refractivity contribution is 5.98. The summed E-state index contributed by atoms with van der Waals surface area (Å²) in [5.74, 6) is 3.76. The number of carbonyl (C=O) groups is 1. The molecular formula is C29H42O4. The molecule has 0 radical (unpaired) electrons. The molecule has 4 nitrogen and oxygen atoms in total. The maximum absolute atomic E-state index is 12.3. The first-order valence-corrected chi connectivity index (χ1v) is 13.8. The Labute approximate surface area is 199 Å². The Bertz CT molecular complexity index is 841. The summed E-state index contributed by atoms with van der Waals surface area (Å²) < 4.78 is 17.7. The lowest BCUT2D eigenvalue weighted by molar-refractivity contribution is -0.163. The highest BCUT2D eigenvalue weighted by atomic mass is 16.7. The van der Waals surface area contributed by atoms with Gasteiger partial charge in [0, 0.05) is 18.6 Å². The van der Waals surface area contributed by atoms with Crippen LogP contribution in [0, 0.1) is 40.4 Å². The molecule has 182 valence electrons. The summed E-state index contributed by atoms with van der Waals surface area (Å²) in [4.78, 5) is 12.3. The summed E-state index contributed by atoms with van der Waals surface area (Å²) >= 11 is 0. The predicted molar refractivity (Wildman–Crippen MR) is 127 cm³/mol. The molecule has 0 amide bonds. The van der Waals surface area contributed by atoms with Crippen molar-refractivity contribution < 1.29 is 19.0 Å². The Morgan fingerprint density at radius 2 is 2.03 bits per heavy atom. The van der Waals surface area contributed by atoms with Gasteiger partial charge in [0.25, 0.3) is 0 Å². The molecule has 2 aliphatic heterocycles. The van der Waals surface area contributed by atoms with Crippen molar-refractivity contribution in [1.29, 1.82) is 0 Å². The van der Waals surface area contributed by atoms with Crippen LogP contribution in [0.2, 0.25) is 0 Å². The number of hydrogen-bond donors (Lipinski definition) is 0. The summed E-state index contributed by atoms with van der Waals surface area (Å²) in [5, 5.41) is 0. The molecule has 4 heteroatoms. The third kappa shape index (κ3) is 3.53. The van der Waals surface area contributed by atoms with Crippen LogP contribution >= 0.6 is 0 Å². The number of hydrogen-bond acceptors (Lipinski definition) is 4. The van der Waals surface area contributed by atoms with Gasteiger partial charge in [-0.15, -0.1) is 0 Å². The van der Waals surface area contributed by atoms with Crippen LogP contribution in [0.5, 0.6) is 0 Å². The Morgan fingerprint density at radius 1 is 1.15 bits per heavy atom. The molecule has 4 aliphatic carbocycles. The number of carbonyl (C=O) groups excluding carboxylic acids is 1. The molecule has 6 rings (SSSR count). The van der Waals surface area contributed by atoms with Crippen molar-refractivity contribution >= 4 is 5.78 Å². The summed E-state index contributed by atoms with van der Waals surface area (Å²) in [7, 11) is 0. The lowest BCUT2D eigenvalue weighted by Crippen LogP contribution is -2.51. The maximum atomic E-state index is 12.3. The zero-order valence-electron chi connectivity index (χ0n) is 20.8. The summed E-state index contributed by atoms with van der Waals surface area (Å²) in [5.41, 5.74) is 1.70. The average Bonchev–Trinajstić information content (AvgIpc) is 3.56. The van der Waals surface area contributed by atoms with Crippen molar-refractivity contribution in [1.82, 2.24) is 0 Å². The van der Waals surface area contributed by atoms with Gasteiger partial charge in [-0.2, -0.15) is 0 Å². The van der Waals surface area contributed by atoms with Gasteiger partial charge < -0.3 is 14.2 Å². The van der Waals surface area contributed by atoms with Gasteiger partial charge in [-0.05, 0) is 104 Å². The fraction of sp³-hybridized carbons (Fsp3) is 0.828. The zero-order chi connectivity index (χ0) is 22.8. The van der Waals surface area contributed by atoms with Gasteiger partial charge in [0.05, 0.1) is 0 Å². The second-order valence-corrected chi connectivity index (χ2v) is 12.4. The van der Waals surface area contributed by atoms with Crippen molar-refractivity contribution in [3.8, 4) is 0 Å². The van der Waals surface area contributed by atoms with E-state index in [1.165, 1.54) is 50.5 Å². The van der Waals surface area contributed by atoms with E-state index in [4.69, 9.17) is 14.2 Å². The third-order valence-corrected chi connectivity index (χ3v) is 10.9. The molecule has 0 bridgehead atoms. The molecule has 2 saturated carbocycles. The van der Waals surface area contributed by atoms with Gasteiger partial charge in [-0.1, -0.05) is 32.9 Å². The predicted octanol–water partition coefficient (Wildman–Crippen LogP) is 5.86. The molecule has 2 saturated heterocycles. The third-order valence-electron chi connectivity index (χ3n) is 10.9. The van der Waals surface area contributed by atoms with Crippen LogP contribution in [-0.2, 0) is 19.0 Å². The number of ether oxygens (including phenoxy) is 3. The molecular weight excluding hydrogens is 412 g/mol. The molecule has 0 aromatic rings. The van der Waals surface area contributed by atoms with Gasteiger partial charge in [0.2, 0.25) is 0 Å². The smallest absolute Gasteiger partial charge is 0.187 e. The van der Waals surface area contributed by atoms with Crippen LogP contribution < -0.4 is 0 Å². The first-order chi connectivity index (χ1) is 15.9. The van der Waals surface area contributed by atoms with Crippen LogP contribution in [0.25, 0.3) is 0 Å². The van der Waals surface area contributed by atoms with Gasteiger partial charge in [-0.25, -0.2) is 0 Å². The molecule has 0 aromatic carbocycles. The van der Waals surface area contributed by atoms with E-state index in [0.29, 0.717) is 17.3 Å². The van der Waals surface area contributed by atoms with Crippen LogP contribution in [0.15, 0.2) is 23.8 Å². The Hall–Kier alpha value is -0.970. The van der Waals surface area contributed by atoms with Crippen molar-refractivity contribution in [3.05, 3.63) is 23.8 Å². The molecule has 4 fully saturated rings. The first-order valence-electron chi connectivity index (χ1n) is 13.8. The number of allylic oxidation sites excluding steroid dienone is 2. The molecule has 33 heavy (non-hydrogen) atoms. The van der Waals surface area contributed by atoms with Crippen LogP contribution in [-0.4, -0.2) is 37.5 Å². The Balaban J connectivity index is 1.11. The number of epoxide rings is 1. The lowest BCUT2D eigenvalue weighted by atomic mass is 9.48. The quantitative estimate of drug-likeness (QED) is 0.373. The van der Waals surface area contributed by atoms with E-state index in [-0.39, 0.29) is 29.7 Å². The van der Waals surface area contributed by atoms with E-state index >= 15 is 0 Å². The van der Waals surface area contributed by atoms with Crippen molar-refractivity contribution in [2.24, 2.45) is 40.4 Å². The van der Waals surface area contributed by atoms with Gasteiger partial charge in [0.1, 0.15) is 12.2 Å². The molecule has 0 spiro atoms. The van der Waals surface area contributed by atoms with Gasteiger partial charge in [0.15, 0.2) is 12.1 Å². The summed E-state index contributed by atoms with van der Waals surface area (Å²) in [6.07, 6.45) is 17.9. The lowest BCUT2D eigenvalue weighted by Gasteiger charge is -2.56. The Kier molecular flexibility index (Phi) is 5.66. The SMILES string of the molecule is C[C@H](CCCOC1CCCCO1)[C@H]1CC[C@H]2[C@@H]3C=CC4=CC(=O)[C@@H]5O[C@@H]5[C@]4(C)[C@H]3CC[C@]12C. The molecule has 6 aliphatic rings. The number of fused-ring (bicyclic) bond motifs is 7. The van der Waals surface area contributed by atoms with E-state index in [0.717, 1.165) is 43.8 Å². The molecule has 2 heterocycles. The Morgan fingerprint density at radius 3 is 2.85 bits per heavy atom. The minimum atomic E-state index is -0.156. The van der Waals surface area contributed by atoms with Crippen molar-refractivity contribution in [3.63, 3.8) is 0 Å². The highest BCUT2D eigenvalue weighted by Gasteiger charge is 2.66. The topological polar surface area (TPSA) is 48.1 Å². The molecule has 0 N–H and O–H groups in total. The van der Waals surface area contributed by atoms with Crippen molar-refractivity contribution in [2.75, 3.05) is 13.2 Å². The second-order valence-electron chi connectivity index (χ2n) is 12.4. The molecule has 10 atom stereocenters. The average molecular weight is 455 g/mol. The molecule has 1 unspecified atom stereocenters. The van der Waals surface area contributed by atoms with E-state index in [9.17, 15) is 4.79 Å². The van der Waals surface area contributed by atoms with Gasteiger partial charge in [-0.3, -0.25) is 4.79 Å². The monoisotopic (exact) mass is 454 g/mol. The largest absolute Gasteiger partial charge is 0.360 e. The van der Waals surface area contributed by atoms with Crippen molar-refractivity contribution in [2.45, 2.75) is 97.1 Å². The van der Waals surface area contributed by atoms with E-state index in [2.05, 4.69) is 32.9 Å². The normalized spacial score (nSPS) is 48.9. The minimum Gasteiger partial charge on any atom is -0.360 e. The number of ketones is 1. The van der Waals surface area contributed by atoms with Gasteiger partial charge >= 0.3 is 0 Å². The summed E-state index contributed by atoms with van der Waals surface area (Å²) in [6.45, 7) is 9.20. The number of rotatable bonds is 6. The minimum absolute atomic E-state index is 0.0293. The van der Waals surface area contributed by atoms with E-state index in [1.807, 2.05) is 6.08 Å². The highest BCUT2D eigenvalue weighted by Crippen LogP contribution is 2.68. The fourth-order valence-electron chi connectivity index (χ4n) is 9.01. The zero-order valence-corrected chi connectivity index (χ0v) is 20.8. The maximum Gasteiger partial charge on any atom is 0.187 e. The standard InChI is InChI=1S/C29H42O4/c1-18(7-6-16-32-25-8-4-5-15-31-25)21-11-12-22-20-10-9-19-17-24(30)26-27(33-26)29(19,3)23(20)13-14-28(21,22)2/h9-10,17-18,20-23,25-27H,4-8,11-16H2,1-3H3/t18-,20+,21-,22+,23+,25?,26+,27+,28-,29+/m1/s1. The second kappa shape index (κ2) is 8.31. The van der Waals surface area contributed by atoms with E-state index in [1.54, 1.807) is 0 Å². The molecule has 0 aromatic heterocycles. The summed E-state index contributed by atoms with van der Waals surface area (Å²) in [6, 6.07) is 0. The van der Waals surface area contributed by atoms with E-state index < -0.39 is 0 Å². The van der Waals surface area contributed by atoms with Crippen LogP contribution in [0.4, 0.5) is 0 Å². The van der Waals surface area contributed by atoms with Crippen LogP contribution in [0.1, 0.15) is 78.6 Å². The fourth-order valence-corrected chi connectivity index (χ4v) is 9.01. The first kappa shape index (κ1) is 22.5. The van der Waals surface area contributed by atoms with Crippen LogP contribution in [0.3, 0.4) is 0 Å².